The Kier molecular flexibility index (Phi) is 43.3. The van der Waals surface area contributed by atoms with Crippen LogP contribution in [0, 0.1) is 0 Å². The first-order valence-corrected chi connectivity index (χ1v) is 27.2. The van der Waals surface area contributed by atoms with E-state index < -0.39 is 49.5 Å². The molecule has 7 unspecified atom stereocenters. The van der Waals surface area contributed by atoms with E-state index in [0.29, 0.717) is 6.42 Å². The molecule has 66 heavy (non-hydrogen) atoms. The van der Waals surface area contributed by atoms with Gasteiger partial charge in [0.1, 0.15) is 24.4 Å². The lowest BCUT2D eigenvalue weighted by atomic mass is 9.99. The average Bonchev–Trinajstić information content (AvgIpc) is 3.32. The van der Waals surface area contributed by atoms with Crippen LogP contribution in [0.25, 0.3) is 0 Å². The van der Waals surface area contributed by atoms with Crippen molar-refractivity contribution < 1.29 is 39.8 Å². The summed E-state index contributed by atoms with van der Waals surface area (Å²) in [5, 5.41) is 54.4. The van der Waals surface area contributed by atoms with E-state index in [1.54, 1.807) is 6.08 Å². The molecule has 9 nitrogen and oxygen atoms in total. The third kappa shape index (κ3) is 35.7. The van der Waals surface area contributed by atoms with Gasteiger partial charge in [-0.05, 0) is 70.6 Å². The van der Waals surface area contributed by atoms with E-state index in [1.807, 2.05) is 6.08 Å². The standard InChI is InChI=1S/C57H101NO8/c1-3-5-7-9-11-13-15-17-19-21-23-24-25-26-27-28-29-31-33-35-37-39-41-43-45-47-53(61)58-50(49-65-57-56(64)55(63)54(62)52(48-59)66-57)51(60)46-44-42-40-38-36-34-32-30-22-20-18-16-14-12-10-8-6-4-2/h5,7,11,13,17,19,23-24,36,38,44,46,50-52,54-57,59-60,62-64H,3-4,6,8-10,12,14-16,18,20-22,25-35,37,39-43,45,47-49H2,1-2H3,(H,58,61)/b7-5-,13-11-,19-17-,24-23-,38-36+,46-44+. The number of amides is 1. The van der Waals surface area contributed by atoms with Crippen molar-refractivity contribution in [2.45, 2.75) is 269 Å². The number of allylic oxidation sites excluding steroid dienone is 11. The van der Waals surface area contributed by atoms with Crippen LogP contribution in [0.5, 0.6) is 0 Å². The van der Waals surface area contributed by atoms with Gasteiger partial charge in [0.2, 0.25) is 5.91 Å². The molecule has 382 valence electrons. The molecule has 1 aliphatic heterocycles. The van der Waals surface area contributed by atoms with E-state index in [0.717, 1.165) is 64.2 Å². The van der Waals surface area contributed by atoms with Gasteiger partial charge in [-0.1, -0.05) is 222 Å². The van der Waals surface area contributed by atoms with Crippen LogP contribution in [0.15, 0.2) is 72.9 Å². The average molecular weight is 928 g/mol. The summed E-state index contributed by atoms with van der Waals surface area (Å²) >= 11 is 0. The van der Waals surface area contributed by atoms with E-state index >= 15 is 0 Å². The molecule has 7 atom stereocenters. The Labute approximate surface area is 404 Å². The molecule has 0 aromatic rings. The number of aliphatic hydroxyl groups is 5. The third-order valence-corrected chi connectivity index (χ3v) is 12.5. The minimum absolute atomic E-state index is 0.191. The van der Waals surface area contributed by atoms with Crippen molar-refractivity contribution in [2.24, 2.45) is 0 Å². The van der Waals surface area contributed by atoms with E-state index in [1.165, 1.54) is 141 Å². The quantitative estimate of drug-likeness (QED) is 0.0261. The molecular weight excluding hydrogens is 827 g/mol. The second-order valence-corrected chi connectivity index (χ2v) is 18.6. The smallest absolute Gasteiger partial charge is 0.220 e. The van der Waals surface area contributed by atoms with Gasteiger partial charge in [0.25, 0.3) is 0 Å². The van der Waals surface area contributed by atoms with E-state index in [-0.39, 0.29) is 12.5 Å². The monoisotopic (exact) mass is 928 g/mol. The van der Waals surface area contributed by atoms with Crippen LogP contribution in [0.4, 0.5) is 0 Å². The summed E-state index contributed by atoms with van der Waals surface area (Å²) in [7, 11) is 0. The maximum Gasteiger partial charge on any atom is 0.220 e. The zero-order chi connectivity index (χ0) is 48.0. The first-order valence-electron chi connectivity index (χ1n) is 27.2. The molecule has 0 aromatic carbocycles. The predicted molar refractivity (Wildman–Crippen MR) is 276 cm³/mol. The van der Waals surface area contributed by atoms with Gasteiger partial charge in [0.05, 0.1) is 25.4 Å². The molecule has 0 radical (unpaired) electrons. The second-order valence-electron chi connectivity index (χ2n) is 18.6. The van der Waals surface area contributed by atoms with Crippen molar-refractivity contribution in [2.75, 3.05) is 13.2 Å². The lowest BCUT2D eigenvalue weighted by Crippen LogP contribution is -2.60. The van der Waals surface area contributed by atoms with Gasteiger partial charge in [0, 0.05) is 6.42 Å². The number of hydrogen-bond acceptors (Lipinski definition) is 8. The Balaban J connectivity index is 2.27. The fourth-order valence-electron chi connectivity index (χ4n) is 8.22. The summed E-state index contributed by atoms with van der Waals surface area (Å²) in [5.41, 5.74) is 0. The lowest BCUT2D eigenvalue weighted by molar-refractivity contribution is -0.302. The maximum absolute atomic E-state index is 13.0. The van der Waals surface area contributed by atoms with Crippen LogP contribution in [-0.2, 0) is 14.3 Å². The normalized spacial score (nSPS) is 20.4. The van der Waals surface area contributed by atoms with Gasteiger partial charge >= 0.3 is 0 Å². The Morgan fingerprint density at radius 1 is 0.530 bits per heavy atom. The van der Waals surface area contributed by atoms with Gasteiger partial charge < -0.3 is 40.3 Å². The minimum atomic E-state index is -1.57. The molecule has 1 saturated heterocycles. The molecule has 1 rings (SSSR count). The van der Waals surface area contributed by atoms with Crippen molar-refractivity contribution in [3.05, 3.63) is 72.9 Å². The fraction of sp³-hybridized carbons (Fsp3) is 0.772. The number of hydrogen-bond donors (Lipinski definition) is 6. The van der Waals surface area contributed by atoms with Crippen molar-refractivity contribution in [1.82, 2.24) is 5.32 Å². The highest BCUT2D eigenvalue weighted by atomic mass is 16.7. The Bertz CT molecular complexity index is 1260. The molecular formula is C57H101NO8. The molecule has 0 aliphatic carbocycles. The minimum Gasteiger partial charge on any atom is -0.394 e. The number of rotatable bonds is 45. The van der Waals surface area contributed by atoms with Gasteiger partial charge in [0.15, 0.2) is 6.29 Å². The molecule has 0 saturated carbocycles. The van der Waals surface area contributed by atoms with Gasteiger partial charge in [-0.25, -0.2) is 0 Å². The maximum atomic E-state index is 13.0. The molecule has 6 N–H and O–H groups in total. The zero-order valence-electron chi connectivity index (χ0n) is 42.2. The molecule has 1 amide bonds. The summed E-state index contributed by atoms with van der Waals surface area (Å²) in [4.78, 5) is 13.0. The molecule has 9 heteroatoms. The van der Waals surface area contributed by atoms with Gasteiger partial charge in [-0.3, -0.25) is 4.79 Å². The van der Waals surface area contributed by atoms with Gasteiger partial charge in [-0.2, -0.15) is 0 Å². The SMILES string of the molecule is CC/C=C\C/C=C\C/C=C\C/C=C\CCCCCCCCCCCCCCC(=O)NC(COC1OC(CO)C(O)C(O)C1O)C(O)/C=C/CC/C=C/CCCCCCCCCCCCCC. The summed E-state index contributed by atoms with van der Waals surface area (Å²) in [6, 6.07) is -0.826. The van der Waals surface area contributed by atoms with E-state index in [4.69, 9.17) is 9.47 Å². The van der Waals surface area contributed by atoms with Crippen molar-refractivity contribution in [1.29, 1.82) is 0 Å². The Hall–Kier alpha value is -2.37. The number of carbonyl (C=O) groups is 1. The number of ether oxygens (including phenoxy) is 2. The Morgan fingerprint density at radius 3 is 1.45 bits per heavy atom. The van der Waals surface area contributed by atoms with Crippen LogP contribution >= 0.6 is 0 Å². The first-order chi connectivity index (χ1) is 32.3. The van der Waals surface area contributed by atoms with Gasteiger partial charge in [-0.15, -0.1) is 0 Å². The van der Waals surface area contributed by atoms with Crippen LogP contribution in [-0.4, -0.2) is 87.5 Å². The number of unbranched alkanes of at least 4 members (excludes halogenated alkanes) is 25. The highest BCUT2D eigenvalue weighted by molar-refractivity contribution is 5.76. The predicted octanol–water partition coefficient (Wildman–Crippen LogP) is 12.9. The summed E-state index contributed by atoms with van der Waals surface area (Å²) in [6.45, 7) is 3.65. The fourth-order valence-corrected chi connectivity index (χ4v) is 8.22. The largest absolute Gasteiger partial charge is 0.394 e. The summed E-state index contributed by atoms with van der Waals surface area (Å²) in [5.74, 6) is -0.191. The Morgan fingerprint density at radius 2 is 0.955 bits per heavy atom. The molecule has 1 fully saturated rings. The first kappa shape index (κ1) is 61.6. The number of aliphatic hydroxyl groups excluding tert-OH is 5. The molecule has 0 spiro atoms. The van der Waals surface area contributed by atoms with Crippen LogP contribution in [0.2, 0.25) is 0 Å². The van der Waals surface area contributed by atoms with Crippen LogP contribution in [0.3, 0.4) is 0 Å². The van der Waals surface area contributed by atoms with Crippen molar-refractivity contribution in [3.63, 3.8) is 0 Å². The molecule has 1 aliphatic rings. The van der Waals surface area contributed by atoms with E-state index in [9.17, 15) is 30.3 Å². The molecule has 1 heterocycles. The van der Waals surface area contributed by atoms with Crippen molar-refractivity contribution >= 4 is 5.91 Å². The topological polar surface area (TPSA) is 149 Å². The highest BCUT2D eigenvalue weighted by Crippen LogP contribution is 2.23. The summed E-state index contributed by atoms with van der Waals surface area (Å²) in [6.07, 6.45) is 56.7. The van der Waals surface area contributed by atoms with Crippen LogP contribution < -0.4 is 5.32 Å². The summed E-state index contributed by atoms with van der Waals surface area (Å²) < 4.78 is 11.2. The van der Waals surface area contributed by atoms with E-state index in [2.05, 4.69) is 79.9 Å². The molecule has 0 aromatic heterocycles. The number of carbonyl (C=O) groups excluding carboxylic acids is 1. The third-order valence-electron chi connectivity index (χ3n) is 12.5. The zero-order valence-corrected chi connectivity index (χ0v) is 42.2. The van der Waals surface area contributed by atoms with Crippen LogP contribution in [0.1, 0.15) is 226 Å². The lowest BCUT2D eigenvalue weighted by Gasteiger charge is -2.40. The highest BCUT2D eigenvalue weighted by Gasteiger charge is 2.44. The number of nitrogens with one attached hydrogen (secondary N) is 1. The molecule has 0 bridgehead atoms. The second kappa shape index (κ2) is 46.4. The van der Waals surface area contributed by atoms with Crippen molar-refractivity contribution in [3.8, 4) is 0 Å².